The Kier molecular flexibility index (Phi) is 6.25. The van der Waals surface area contributed by atoms with Gasteiger partial charge in [0.1, 0.15) is 5.01 Å². The molecule has 2 rings (SSSR count). The van der Waals surface area contributed by atoms with Gasteiger partial charge in [-0.15, -0.1) is 10.2 Å². The highest BCUT2D eigenvalue weighted by molar-refractivity contribution is 7.18. The SMILES string of the molecule is Cc1ccc(-c2nnc(NC(=O)CCNC(=O)CC(C)(C)C)s2)cc1. The Labute approximate surface area is 152 Å². The van der Waals surface area contributed by atoms with Crippen LogP contribution in [0.5, 0.6) is 0 Å². The number of nitrogens with zero attached hydrogens (tertiary/aromatic N) is 2. The van der Waals surface area contributed by atoms with Crippen molar-refractivity contribution < 1.29 is 9.59 Å². The van der Waals surface area contributed by atoms with E-state index in [4.69, 9.17) is 0 Å². The molecule has 25 heavy (non-hydrogen) atoms. The van der Waals surface area contributed by atoms with E-state index in [9.17, 15) is 9.59 Å². The number of nitrogens with one attached hydrogen (secondary N) is 2. The molecule has 1 aromatic heterocycles. The predicted octanol–water partition coefficient (Wildman–Crippen LogP) is 3.39. The van der Waals surface area contributed by atoms with Crippen molar-refractivity contribution in [3.63, 3.8) is 0 Å². The summed E-state index contributed by atoms with van der Waals surface area (Å²) in [6.07, 6.45) is 0.639. The maximum absolute atomic E-state index is 11.9. The van der Waals surface area contributed by atoms with E-state index in [1.807, 2.05) is 52.0 Å². The van der Waals surface area contributed by atoms with Crippen molar-refractivity contribution in [3.05, 3.63) is 29.8 Å². The first-order chi connectivity index (χ1) is 11.7. The number of rotatable bonds is 6. The quantitative estimate of drug-likeness (QED) is 0.827. The zero-order chi connectivity index (χ0) is 18.4. The molecule has 0 unspecified atom stereocenters. The summed E-state index contributed by atoms with van der Waals surface area (Å²) in [5, 5.41) is 14.8. The van der Waals surface area contributed by atoms with Crippen LogP contribution in [0.1, 0.15) is 39.2 Å². The molecule has 0 bridgehead atoms. The van der Waals surface area contributed by atoms with E-state index in [1.54, 1.807) is 0 Å². The Morgan fingerprint density at radius 1 is 1.08 bits per heavy atom. The molecule has 0 saturated heterocycles. The molecule has 2 aromatic rings. The van der Waals surface area contributed by atoms with E-state index in [1.165, 1.54) is 16.9 Å². The maximum Gasteiger partial charge on any atom is 0.227 e. The fourth-order valence-electron chi connectivity index (χ4n) is 2.13. The van der Waals surface area contributed by atoms with Crippen molar-refractivity contribution in [3.8, 4) is 10.6 Å². The first kappa shape index (κ1) is 19.1. The van der Waals surface area contributed by atoms with Gasteiger partial charge >= 0.3 is 0 Å². The average molecular weight is 360 g/mol. The molecule has 2 amide bonds. The Balaban J connectivity index is 1.79. The lowest BCUT2D eigenvalue weighted by Gasteiger charge is -2.17. The topological polar surface area (TPSA) is 84.0 Å². The van der Waals surface area contributed by atoms with Gasteiger partial charge in [0, 0.05) is 24.9 Å². The second-order valence-electron chi connectivity index (χ2n) is 7.16. The van der Waals surface area contributed by atoms with Gasteiger partial charge in [-0.2, -0.15) is 0 Å². The van der Waals surface area contributed by atoms with Crippen LogP contribution in [0.2, 0.25) is 0 Å². The minimum Gasteiger partial charge on any atom is -0.356 e. The lowest BCUT2D eigenvalue weighted by Crippen LogP contribution is -2.30. The summed E-state index contributed by atoms with van der Waals surface area (Å²) in [4.78, 5) is 23.7. The fourth-order valence-corrected chi connectivity index (χ4v) is 2.89. The van der Waals surface area contributed by atoms with Crippen LogP contribution in [0.3, 0.4) is 0 Å². The maximum atomic E-state index is 11.9. The smallest absolute Gasteiger partial charge is 0.227 e. The summed E-state index contributed by atoms with van der Waals surface area (Å²) >= 11 is 1.33. The van der Waals surface area contributed by atoms with Crippen LogP contribution in [0, 0.1) is 12.3 Å². The summed E-state index contributed by atoms with van der Waals surface area (Å²) < 4.78 is 0. The van der Waals surface area contributed by atoms with Crippen molar-refractivity contribution in [2.24, 2.45) is 5.41 Å². The molecule has 0 fully saturated rings. The lowest BCUT2D eigenvalue weighted by molar-refractivity contribution is -0.122. The van der Waals surface area contributed by atoms with Gasteiger partial charge in [-0.05, 0) is 12.3 Å². The summed E-state index contributed by atoms with van der Waals surface area (Å²) in [5.41, 5.74) is 2.08. The van der Waals surface area contributed by atoms with E-state index in [0.717, 1.165) is 10.6 Å². The Morgan fingerprint density at radius 2 is 1.76 bits per heavy atom. The molecule has 0 aliphatic heterocycles. The van der Waals surface area contributed by atoms with Crippen LogP contribution in [0.15, 0.2) is 24.3 Å². The number of carbonyl (C=O) groups excluding carboxylic acids is 2. The summed E-state index contributed by atoms with van der Waals surface area (Å²) in [7, 11) is 0. The second-order valence-corrected chi connectivity index (χ2v) is 8.14. The van der Waals surface area contributed by atoms with Gasteiger partial charge in [-0.25, -0.2) is 0 Å². The highest BCUT2D eigenvalue weighted by atomic mass is 32.1. The number of hydrogen-bond acceptors (Lipinski definition) is 5. The van der Waals surface area contributed by atoms with Crippen molar-refractivity contribution in [2.75, 3.05) is 11.9 Å². The minimum atomic E-state index is -0.192. The summed E-state index contributed by atoms with van der Waals surface area (Å²) in [6, 6.07) is 7.98. The minimum absolute atomic E-state index is 0.0436. The van der Waals surface area contributed by atoms with Gasteiger partial charge < -0.3 is 10.6 Å². The Morgan fingerprint density at radius 3 is 2.40 bits per heavy atom. The van der Waals surface area contributed by atoms with Gasteiger partial charge in [0.15, 0.2) is 0 Å². The molecule has 7 heteroatoms. The Hall–Kier alpha value is -2.28. The number of carbonyl (C=O) groups is 2. The molecule has 0 radical (unpaired) electrons. The third-order valence-electron chi connectivity index (χ3n) is 3.33. The largest absolute Gasteiger partial charge is 0.356 e. The molecule has 1 aromatic carbocycles. The van der Waals surface area contributed by atoms with Gasteiger partial charge in [0.25, 0.3) is 0 Å². The van der Waals surface area contributed by atoms with Crippen LogP contribution in [0.25, 0.3) is 10.6 Å². The standard InChI is InChI=1S/C18H24N4O2S/c1-12-5-7-13(8-6-12)16-21-22-17(25-16)20-14(23)9-10-19-15(24)11-18(2,3)4/h5-8H,9-11H2,1-4H3,(H,19,24)(H,20,22,23). The second kappa shape index (κ2) is 8.20. The zero-order valence-electron chi connectivity index (χ0n) is 15.0. The molecular formula is C18H24N4O2S. The molecule has 0 aliphatic carbocycles. The van der Waals surface area contributed by atoms with E-state index in [2.05, 4.69) is 20.8 Å². The highest BCUT2D eigenvalue weighted by Gasteiger charge is 2.16. The average Bonchev–Trinajstić information content (AvgIpc) is 2.94. The van der Waals surface area contributed by atoms with Crippen LogP contribution in [-0.4, -0.2) is 28.6 Å². The molecule has 0 atom stereocenters. The van der Waals surface area contributed by atoms with E-state index in [-0.39, 0.29) is 23.7 Å². The van der Waals surface area contributed by atoms with Gasteiger partial charge in [-0.3, -0.25) is 9.59 Å². The molecule has 0 aliphatic rings. The summed E-state index contributed by atoms with van der Waals surface area (Å²) in [5.74, 6) is -0.236. The third kappa shape index (κ3) is 6.62. The third-order valence-corrected chi connectivity index (χ3v) is 4.22. The van der Waals surface area contributed by atoms with Crippen LogP contribution in [-0.2, 0) is 9.59 Å². The molecule has 1 heterocycles. The molecule has 0 spiro atoms. The molecular weight excluding hydrogens is 336 g/mol. The summed E-state index contributed by atoms with van der Waals surface area (Å²) in [6.45, 7) is 8.33. The van der Waals surface area contributed by atoms with Gasteiger partial charge in [-0.1, -0.05) is 61.9 Å². The van der Waals surface area contributed by atoms with Crippen molar-refractivity contribution in [1.29, 1.82) is 0 Å². The zero-order valence-corrected chi connectivity index (χ0v) is 15.9. The van der Waals surface area contributed by atoms with E-state index >= 15 is 0 Å². The first-order valence-electron chi connectivity index (χ1n) is 8.20. The number of aromatic nitrogens is 2. The molecule has 2 N–H and O–H groups in total. The highest BCUT2D eigenvalue weighted by Crippen LogP contribution is 2.26. The predicted molar refractivity (Wildman–Crippen MR) is 100 cm³/mol. The molecule has 134 valence electrons. The Bertz CT molecular complexity index is 732. The monoisotopic (exact) mass is 360 g/mol. The number of amides is 2. The lowest BCUT2D eigenvalue weighted by atomic mass is 9.92. The number of anilines is 1. The van der Waals surface area contributed by atoms with Crippen LogP contribution in [0.4, 0.5) is 5.13 Å². The number of aryl methyl sites for hydroxylation is 1. The van der Waals surface area contributed by atoms with Crippen molar-refractivity contribution in [2.45, 2.75) is 40.5 Å². The van der Waals surface area contributed by atoms with Gasteiger partial charge in [0.2, 0.25) is 16.9 Å². The van der Waals surface area contributed by atoms with Crippen LogP contribution < -0.4 is 10.6 Å². The normalized spacial score (nSPS) is 11.2. The fraction of sp³-hybridized carbons (Fsp3) is 0.444. The van der Waals surface area contributed by atoms with E-state index in [0.29, 0.717) is 18.1 Å². The van der Waals surface area contributed by atoms with Crippen LogP contribution >= 0.6 is 11.3 Å². The van der Waals surface area contributed by atoms with Gasteiger partial charge in [0.05, 0.1) is 0 Å². The number of benzene rings is 1. The first-order valence-corrected chi connectivity index (χ1v) is 9.02. The van der Waals surface area contributed by atoms with E-state index < -0.39 is 0 Å². The van der Waals surface area contributed by atoms with Crippen molar-refractivity contribution >= 4 is 28.3 Å². The molecule has 0 saturated carbocycles. The molecule has 6 nitrogen and oxygen atoms in total. The number of hydrogen-bond donors (Lipinski definition) is 2. The van der Waals surface area contributed by atoms with Crippen molar-refractivity contribution in [1.82, 2.24) is 15.5 Å².